The molecule has 0 spiro atoms. The summed E-state index contributed by atoms with van der Waals surface area (Å²) >= 11 is 0. The van der Waals surface area contributed by atoms with Gasteiger partial charge in [0.25, 0.3) is 6.34 Å². The summed E-state index contributed by atoms with van der Waals surface area (Å²) in [5.41, 5.74) is -1.67. The van der Waals surface area contributed by atoms with E-state index in [0.29, 0.717) is 35.2 Å². The second kappa shape index (κ2) is 15.6. The Morgan fingerprint density at radius 2 is 1.57 bits per heavy atom. The third kappa shape index (κ3) is 7.61. The van der Waals surface area contributed by atoms with Crippen molar-refractivity contribution in [1.29, 1.82) is 0 Å². The van der Waals surface area contributed by atoms with Gasteiger partial charge in [-0.05, 0) is 90.6 Å². The minimum atomic E-state index is -4.03. The van der Waals surface area contributed by atoms with Crippen molar-refractivity contribution in [3.63, 3.8) is 0 Å². The van der Waals surface area contributed by atoms with Gasteiger partial charge >= 0.3 is 11.6 Å². The summed E-state index contributed by atoms with van der Waals surface area (Å²) in [6, 6.07) is 20.8. The SMILES string of the molecule is CCc1cc(C#Cc2ccc(OCc3ccc(-n4cnn(C(CC)C(C)C)c4=O)cc3)cc2)ccc1C(F)(F)C(O)(C[N+]1=NN=C1)c1ccc(F)cc1F. The van der Waals surface area contributed by atoms with Crippen LogP contribution in [0.3, 0.4) is 0 Å². The van der Waals surface area contributed by atoms with Crippen LogP contribution in [0.1, 0.15) is 73.5 Å². The maximum absolute atomic E-state index is 16.4. The molecule has 1 aliphatic rings. The number of nitrogens with zero attached hydrogens (tertiary/aromatic N) is 6. The molecule has 0 radical (unpaired) electrons. The highest BCUT2D eigenvalue weighted by Gasteiger charge is 2.59. The van der Waals surface area contributed by atoms with E-state index in [4.69, 9.17) is 4.74 Å². The summed E-state index contributed by atoms with van der Waals surface area (Å²) in [5, 5.41) is 22.9. The third-order valence-corrected chi connectivity index (χ3v) is 9.48. The van der Waals surface area contributed by atoms with Gasteiger partial charge in [-0.1, -0.05) is 57.7 Å². The number of hydrogen-bond acceptors (Lipinski definition) is 6. The summed E-state index contributed by atoms with van der Waals surface area (Å²) in [4.78, 5) is 13.0. The Kier molecular flexibility index (Phi) is 11.0. The topological polar surface area (TPSA) is 97.0 Å². The molecular weight excluding hydrogens is 700 g/mol. The van der Waals surface area contributed by atoms with E-state index in [1.54, 1.807) is 42.2 Å². The zero-order chi connectivity index (χ0) is 38.6. The van der Waals surface area contributed by atoms with Crippen LogP contribution in [0.15, 0.2) is 106 Å². The Morgan fingerprint density at radius 1 is 0.907 bits per heavy atom. The van der Waals surface area contributed by atoms with Gasteiger partial charge in [-0.15, -0.1) is 4.70 Å². The Hall–Kier alpha value is -5.87. The molecule has 2 unspecified atom stereocenters. The van der Waals surface area contributed by atoms with Crippen LogP contribution in [0.25, 0.3) is 5.69 Å². The van der Waals surface area contributed by atoms with Gasteiger partial charge in [-0.2, -0.15) is 13.9 Å². The minimum Gasteiger partial charge on any atom is -0.489 e. The van der Waals surface area contributed by atoms with E-state index in [0.717, 1.165) is 35.2 Å². The molecule has 1 N–H and O–H groups in total. The van der Waals surface area contributed by atoms with Gasteiger partial charge in [0.1, 0.15) is 36.9 Å². The number of halogens is 4. The van der Waals surface area contributed by atoms with Gasteiger partial charge in [0.2, 0.25) is 0 Å². The number of β-amino-alcohol motifs (C(OH)–C–C–N with tert-alkyl or cyclic N) is 1. The summed E-state index contributed by atoms with van der Waals surface area (Å²) in [7, 11) is 0. The van der Waals surface area contributed by atoms with Crippen LogP contribution in [0.5, 0.6) is 5.75 Å². The van der Waals surface area contributed by atoms with Gasteiger partial charge < -0.3 is 9.84 Å². The highest BCUT2D eigenvalue weighted by Crippen LogP contribution is 2.48. The maximum atomic E-state index is 16.4. The number of aromatic nitrogens is 3. The predicted octanol–water partition coefficient (Wildman–Crippen LogP) is 7.86. The molecule has 0 fully saturated rings. The van der Waals surface area contributed by atoms with E-state index in [-0.39, 0.29) is 29.6 Å². The molecular formula is C41H39F4N6O3+. The first-order valence-corrected chi connectivity index (χ1v) is 17.5. The molecule has 2 heterocycles. The van der Waals surface area contributed by atoms with Crippen LogP contribution in [-0.2, 0) is 24.6 Å². The van der Waals surface area contributed by atoms with Crippen molar-refractivity contribution in [3.05, 3.63) is 147 Å². The predicted molar refractivity (Wildman–Crippen MR) is 195 cm³/mol. The lowest BCUT2D eigenvalue weighted by atomic mass is 9.80. The minimum absolute atomic E-state index is 0.0259. The van der Waals surface area contributed by atoms with Crippen LogP contribution in [-0.4, -0.2) is 37.0 Å². The Bertz CT molecular complexity index is 2320. The zero-order valence-corrected chi connectivity index (χ0v) is 30.2. The molecule has 0 saturated heterocycles. The van der Waals surface area contributed by atoms with Gasteiger partial charge in [-0.3, -0.25) is 0 Å². The van der Waals surface area contributed by atoms with Crippen LogP contribution in [0.4, 0.5) is 17.6 Å². The Labute approximate surface area is 309 Å². The van der Waals surface area contributed by atoms with Gasteiger partial charge in [0.05, 0.1) is 17.0 Å². The van der Waals surface area contributed by atoms with E-state index in [9.17, 15) is 18.7 Å². The quantitative estimate of drug-likeness (QED) is 0.0756. The average Bonchev–Trinajstić information content (AvgIpc) is 3.52. The van der Waals surface area contributed by atoms with Crippen molar-refractivity contribution < 1.29 is 32.1 Å². The molecule has 0 saturated carbocycles. The summed E-state index contributed by atoms with van der Waals surface area (Å²) in [5.74, 6) is 0.608. The fourth-order valence-electron chi connectivity index (χ4n) is 6.45. The number of rotatable bonds is 13. The molecule has 0 aliphatic carbocycles. The van der Waals surface area contributed by atoms with Gasteiger partial charge in [0, 0.05) is 33.4 Å². The molecule has 9 nitrogen and oxygen atoms in total. The van der Waals surface area contributed by atoms with Crippen molar-refractivity contribution in [2.75, 3.05) is 6.54 Å². The number of ether oxygens (including phenoxy) is 1. The van der Waals surface area contributed by atoms with Gasteiger partial charge in [-0.25, -0.2) is 22.8 Å². The summed E-state index contributed by atoms with van der Waals surface area (Å²) in [6.45, 7) is 7.34. The second-order valence-electron chi connectivity index (χ2n) is 13.4. The second-order valence-corrected chi connectivity index (χ2v) is 13.4. The Morgan fingerprint density at radius 3 is 2.19 bits per heavy atom. The standard InChI is InChI=1S/C41H39F4N6O3/c1-5-31-21-29(13-19-35(31)41(44,45)40(53,24-49-25-46-48-49)36-20-14-32(42)22-37(36)43)8-7-28-11-17-34(18-12-28)54-23-30-9-15-33(16-10-30)50-26-47-51(39(50)52)38(6-2)27(3)4/h9-22,25-27,38,53H,5-6,23-24H2,1-4H3/q+1. The average molecular weight is 740 g/mol. The lowest BCUT2D eigenvalue weighted by Crippen LogP contribution is -2.50. The first-order chi connectivity index (χ1) is 25.8. The molecule has 4 aromatic carbocycles. The molecule has 0 bridgehead atoms. The molecule has 6 rings (SSSR count). The largest absolute Gasteiger partial charge is 0.489 e. The van der Waals surface area contributed by atoms with Crippen molar-refractivity contribution in [2.45, 2.75) is 64.7 Å². The highest BCUT2D eigenvalue weighted by molar-refractivity contribution is 5.49. The van der Waals surface area contributed by atoms with E-state index >= 15 is 8.78 Å². The molecule has 278 valence electrons. The molecule has 13 heteroatoms. The molecule has 1 aliphatic heterocycles. The zero-order valence-electron chi connectivity index (χ0n) is 30.2. The van der Waals surface area contributed by atoms with Crippen molar-refractivity contribution in [3.8, 4) is 23.3 Å². The number of aryl methyl sites for hydroxylation is 1. The van der Waals surface area contributed by atoms with Crippen molar-refractivity contribution >= 4 is 6.34 Å². The summed E-state index contributed by atoms with van der Waals surface area (Å²) < 4.78 is 71.4. The van der Waals surface area contributed by atoms with Crippen molar-refractivity contribution in [2.24, 2.45) is 16.2 Å². The lowest BCUT2D eigenvalue weighted by Gasteiger charge is -2.36. The summed E-state index contributed by atoms with van der Waals surface area (Å²) in [6.07, 6.45) is 3.64. The van der Waals surface area contributed by atoms with Crippen LogP contribution in [0, 0.1) is 29.4 Å². The van der Waals surface area contributed by atoms with E-state index in [1.165, 1.54) is 22.8 Å². The van der Waals surface area contributed by atoms with Crippen molar-refractivity contribution in [1.82, 2.24) is 14.3 Å². The van der Waals surface area contributed by atoms with Crippen LogP contribution >= 0.6 is 0 Å². The number of aliphatic hydroxyl groups is 1. The monoisotopic (exact) mass is 739 g/mol. The Balaban J connectivity index is 1.13. The van der Waals surface area contributed by atoms with E-state index in [2.05, 4.69) is 41.1 Å². The fraction of sp³-hybridized carbons (Fsp3) is 0.293. The third-order valence-electron chi connectivity index (χ3n) is 9.48. The number of hydrogen-bond donors (Lipinski definition) is 1. The molecule has 2 atom stereocenters. The molecule has 1 aromatic heterocycles. The van der Waals surface area contributed by atoms with E-state index < -0.39 is 40.8 Å². The molecule has 54 heavy (non-hydrogen) atoms. The fourth-order valence-corrected chi connectivity index (χ4v) is 6.45. The first kappa shape index (κ1) is 37.9. The normalized spacial score (nSPS) is 14.1. The maximum Gasteiger partial charge on any atom is 0.350 e. The number of alkyl halides is 2. The van der Waals surface area contributed by atoms with Crippen LogP contribution in [0.2, 0.25) is 0 Å². The molecule has 5 aromatic rings. The van der Waals surface area contributed by atoms with Crippen LogP contribution < -0.4 is 10.4 Å². The first-order valence-electron chi connectivity index (χ1n) is 17.5. The number of benzene rings is 4. The van der Waals surface area contributed by atoms with Gasteiger partial charge in [0.15, 0.2) is 5.60 Å². The molecule has 0 amide bonds. The lowest BCUT2D eigenvalue weighted by molar-refractivity contribution is -0.527. The van der Waals surface area contributed by atoms with E-state index in [1.807, 2.05) is 31.2 Å². The smallest absolute Gasteiger partial charge is 0.350 e. The highest BCUT2D eigenvalue weighted by atomic mass is 19.3.